The van der Waals surface area contributed by atoms with Crippen LogP contribution < -0.4 is 10.1 Å². The van der Waals surface area contributed by atoms with Crippen molar-refractivity contribution in [3.63, 3.8) is 0 Å². The van der Waals surface area contributed by atoms with Crippen molar-refractivity contribution in [1.82, 2.24) is 9.97 Å². The van der Waals surface area contributed by atoms with Gasteiger partial charge in [-0.3, -0.25) is 10.1 Å². The summed E-state index contributed by atoms with van der Waals surface area (Å²) in [4.78, 5) is 20.6. The molecule has 0 atom stereocenters. The average molecular weight is 284 g/mol. The Bertz CT molecular complexity index is 545. The van der Waals surface area contributed by atoms with Crippen LogP contribution in [0.4, 0.5) is 5.95 Å². The summed E-state index contributed by atoms with van der Waals surface area (Å²) < 4.78 is 4.94. The van der Waals surface area contributed by atoms with E-state index >= 15 is 0 Å². The van der Waals surface area contributed by atoms with Crippen molar-refractivity contribution in [3.8, 4) is 5.88 Å². The lowest BCUT2D eigenvalue weighted by Crippen LogP contribution is -2.16. The van der Waals surface area contributed by atoms with E-state index < -0.39 is 0 Å². The van der Waals surface area contributed by atoms with Gasteiger partial charge < -0.3 is 4.74 Å². The van der Waals surface area contributed by atoms with Crippen molar-refractivity contribution in [2.75, 3.05) is 12.4 Å². The lowest BCUT2D eigenvalue weighted by Gasteiger charge is -2.05. The summed E-state index contributed by atoms with van der Waals surface area (Å²) >= 11 is 7.29. The fourth-order valence-corrected chi connectivity index (χ4v) is 2.17. The van der Waals surface area contributed by atoms with E-state index in [9.17, 15) is 4.79 Å². The zero-order valence-electron chi connectivity index (χ0n) is 9.51. The van der Waals surface area contributed by atoms with E-state index in [4.69, 9.17) is 16.3 Å². The first-order valence-corrected chi connectivity index (χ1v) is 6.34. The molecular weight excluding hydrogens is 274 g/mol. The predicted octanol–water partition coefficient (Wildman–Crippen LogP) is 2.38. The van der Waals surface area contributed by atoms with Crippen molar-refractivity contribution in [2.45, 2.75) is 6.42 Å². The first-order chi connectivity index (χ1) is 8.67. The third-order valence-corrected chi connectivity index (χ3v) is 3.12. The van der Waals surface area contributed by atoms with Crippen LogP contribution in [0.3, 0.4) is 0 Å². The minimum Gasteiger partial charge on any atom is -0.481 e. The maximum atomic E-state index is 11.7. The van der Waals surface area contributed by atoms with Gasteiger partial charge in [-0.25, -0.2) is 4.98 Å². The summed E-state index contributed by atoms with van der Waals surface area (Å²) in [6, 6.07) is 5.26. The largest absolute Gasteiger partial charge is 0.481 e. The number of ether oxygens (including phenoxy) is 1. The van der Waals surface area contributed by atoms with Gasteiger partial charge in [0, 0.05) is 10.9 Å². The Morgan fingerprint density at radius 3 is 3.06 bits per heavy atom. The number of methoxy groups -OCH3 is 1. The van der Waals surface area contributed by atoms with E-state index in [2.05, 4.69) is 15.3 Å². The minimum atomic E-state index is -0.193. The highest BCUT2D eigenvalue weighted by Crippen LogP contribution is 2.16. The molecule has 0 aromatic carbocycles. The molecular formula is C11H10ClN3O2S. The van der Waals surface area contributed by atoms with Crippen molar-refractivity contribution >= 4 is 34.8 Å². The number of hydrogen-bond donors (Lipinski definition) is 1. The van der Waals surface area contributed by atoms with Crippen LogP contribution >= 0.6 is 22.9 Å². The molecule has 0 saturated carbocycles. The van der Waals surface area contributed by atoms with Crippen molar-refractivity contribution < 1.29 is 9.53 Å². The minimum absolute atomic E-state index is 0.140. The first kappa shape index (κ1) is 12.8. The van der Waals surface area contributed by atoms with Gasteiger partial charge in [-0.05, 0) is 11.4 Å². The van der Waals surface area contributed by atoms with Gasteiger partial charge >= 0.3 is 0 Å². The highest BCUT2D eigenvalue weighted by atomic mass is 35.5. The van der Waals surface area contributed by atoms with Gasteiger partial charge in [-0.2, -0.15) is 4.98 Å². The molecule has 2 aromatic rings. The van der Waals surface area contributed by atoms with E-state index in [-0.39, 0.29) is 23.4 Å². The van der Waals surface area contributed by atoms with Crippen molar-refractivity contribution in [2.24, 2.45) is 0 Å². The smallest absolute Gasteiger partial charge is 0.234 e. The summed E-state index contributed by atoms with van der Waals surface area (Å²) in [5, 5.41) is 4.71. The summed E-state index contributed by atoms with van der Waals surface area (Å²) in [6.45, 7) is 0. The molecule has 0 aliphatic rings. The van der Waals surface area contributed by atoms with Crippen LogP contribution in [-0.2, 0) is 11.2 Å². The summed E-state index contributed by atoms with van der Waals surface area (Å²) in [6.07, 6.45) is 0.288. The fourth-order valence-electron chi connectivity index (χ4n) is 1.30. The molecule has 5 nitrogen and oxygen atoms in total. The maximum Gasteiger partial charge on any atom is 0.234 e. The molecule has 0 aliphatic heterocycles. The van der Waals surface area contributed by atoms with Gasteiger partial charge in [0.1, 0.15) is 5.15 Å². The summed E-state index contributed by atoms with van der Waals surface area (Å²) in [5.41, 5.74) is 0. The molecule has 2 aromatic heterocycles. The lowest BCUT2D eigenvalue weighted by molar-refractivity contribution is -0.115. The Labute approximate surface area is 113 Å². The number of aromatic nitrogens is 2. The standard InChI is InChI=1S/C11H10ClN3O2S/c1-17-10-6-8(12)13-11(15-10)14-9(16)5-7-3-2-4-18-7/h2-4,6H,5H2,1H3,(H,13,14,15,16). The Morgan fingerprint density at radius 1 is 1.56 bits per heavy atom. The highest BCUT2D eigenvalue weighted by molar-refractivity contribution is 7.10. The quantitative estimate of drug-likeness (QED) is 0.875. The number of anilines is 1. The van der Waals surface area contributed by atoms with Crippen molar-refractivity contribution in [3.05, 3.63) is 33.6 Å². The van der Waals surface area contributed by atoms with E-state index in [1.165, 1.54) is 24.5 Å². The average Bonchev–Trinajstić information content (AvgIpc) is 2.80. The second-order valence-electron chi connectivity index (χ2n) is 3.36. The van der Waals surface area contributed by atoms with E-state index in [1.807, 2.05) is 17.5 Å². The highest BCUT2D eigenvalue weighted by Gasteiger charge is 2.09. The van der Waals surface area contributed by atoms with Gasteiger partial charge in [-0.15, -0.1) is 11.3 Å². The van der Waals surface area contributed by atoms with E-state index in [0.29, 0.717) is 5.88 Å². The zero-order chi connectivity index (χ0) is 13.0. The molecule has 0 saturated heterocycles. The second kappa shape index (κ2) is 5.79. The van der Waals surface area contributed by atoms with Gasteiger partial charge in [0.25, 0.3) is 0 Å². The Morgan fingerprint density at radius 2 is 2.39 bits per heavy atom. The molecule has 1 amide bonds. The molecule has 0 unspecified atom stereocenters. The van der Waals surface area contributed by atoms with Gasteiger partial charge in [0.15, 0.2) is 0 Å². The number of thiophene rings is 1. The normalized spacial score (nSPS) is 10.1. The number of amides is 1. The summed E-state index contributed by atoms with van der Waals surface area (Å²) in [7, 11) is 1.47. The van der Waals surface area contributed by atoms with Gasteiger partial charge in [0.05, 0.1) is 13.5 Å². The fraction of sp³-hybridized carbons (Fsp3) is 0.182. The molecule has 7 heteroatoms. The molecule has 94 valence electrons. The molecule has 0 spiro atoms. The van der Waals surface area contributed by atoms with Gasteiger partial charge in [-0.1, -0.05) is 17.7 Å². The number of nitrogens with zero attached hydrogens (tertiary/aromatic N) is 2. The monoisotopic (exact) mass is 283 g/mol. The molecule has 18 heavy (non-hydrogen) atoms. The second-order valence-corrected chi connectivity index (χ2v) is 4.78. The third kappa shape index (κ3) is 3.41. The number of carbonyl (C=O) groups excluding carboxylic acids is 1. The Balaban J connectivity index is 2.04. The number of halogens is 1. The van der Waals surface area contributed by atoms with Crippen LogP contribution in [0.2, 0.25) is 5.15 Å². The van der Waals surface area contributed by atoms with Crippen LogP contribution in [0.25, 0.3) is 0 Å². The molecule has 0 aliphatic carbocycles. The third-order valence-electron chi connectivity index (χ3n) is 2.05. The zero-order valence-corrected chi connectivity index (χ0v) is 11.1. The predicted molar refractivity (Wildman–Crippen MR) is 70.2 cm³/mol. The van der Waals surface area contributed by atoms with E-state index in [1.54, 1.807) is 0 Å². The SMILES string of the molecule is COc1cc(Cl)nc(NC(=O)Cc2cccs2)n1. The van der Waals surface area contributed by atoms with Crippen molar-refractivity contribution in [1.29, 1.82) is 0 Å². The Hall–Kier alpha value is -1.66. The number of hydrogen-bond acceptors (Lipinski definition) is 5. The Kier molecular flexibility index (Phi) is 4.11. The molecule has 1 N–H and O–H groups in total. The lowest BCUT2D eigenvalue weighted by atomic mass is 10.3. The number of nitrogens with one attached hydrogen (secondary N) is 1. The van der Waals surface area contributed by atoms with Crippen LogP contribution in [-0.4, -0.2) is 23.0 Å². The van der Waals surface area contributed by atoms with E-state index in [0.717, 1.165) is 4.88 Å². The number of carbonyl (C=O) groups is 1. The molecule has 0 bridgehead atoms. The van der Waals surface area contributed by atoms with Crippen LogP contribution in [0.1, 0.15) is 4.88 Å². The molecule has 2 rings (SSSR count). The molecule has 0 radical (unpaired) electrons. The number of rotatable bonds is 4. The van der Waals surface area contributed by atoms with Crippen LogP contribution in [0, 0.1) is 0 Å². The molecule has 2 heterocycles. The van der Waals surface area contributed by atoms with Gasteiger partial charge in [0.2, 0.25) is 17.7 Å². The first-order valence-electron chi connectivity index (χ1n) is 5.08. The summed E-state index contributed by atoms with van der Waals surface area (Å²) in [5.74, 6) is 0.254. The topological polar surface area (TPSA) is 64.1 Å². The van der Waals surface area contributed by atoms with Crippen LogP contribution in [0.15, 0.2) is 23.6 Å². The molecule has 0 fully saturated rings. The maximum absolute atomic E-state index is 11.7. The van der Waals surface area contributed by atoms with Crippen LogP contribution in [0.5, 0.6) is 5.88 Å².